The van der Waals surface area contributed by atoms with Gasteiger partial charge in [0, 0.05) is 5.56 Å². The largest absolute Gasteiger partial charge is 0.497 e. The molecule has 0 spiro atoms. The van der Waals surface area contributed by atoms with Crippen LogP contribution in [0.5, 0.6) is 5.75 Å². The molecule has 0 radical (unpaired) electrons. The van der Waals surface area contributed by atoms with Crippen LogP contribution in [-0.2, 0) is 16.8 Å². The first-order valence-corrected chi connectivity index (χ1v) is 8.80. The van der Waals surface area contributed by atoms with E-state index in [4.69, 9.17) is 4.74 Å². The molecule has 6 heteroatoms. The van der Waals surface area contributed by atoms with Crippen LogP contribution in [0.25, 0.3) is 0 Å². The number of nitrogens with zero attached hydrogens (tertiary/aromatic N) is 1. The van der Waals surface area contributed by atoms with E-state index in [-0.39, 0.29) is 12.3 Å². The first-order chi connectivity index (χ1) is 12.9. The summed E-state index contributed by atoms with van der Waals surface area (Å²) in [5.74, 6) is -0.0713. The molecule has 1 saturated heterocycles. The Kier molecular flexibility index (Phi) is 4.99. The predicted octanol–water partition coefficient (Wildman–Crippen LogP) is 2.91. The molecule has 0 aliphatic carbocycles. The van der Waals surface area contributed by atoms with Gasteiger partial charge in [-0.3, -0.25) is 14.5 Å². The lowest BCUT2D eigenvalue weighted by Crippen LogP contribution is -2.41. The van der Waals surface area contributed by atoms with Gasteiger partial charge in [0.15, 0.2) is 5.78 Å². The van der Waals surface area contributed by atoms with Crippen LogP contribution >= 0.6 is 0 Å². The van der Waals surface area contributed by atoms with Crippen molar-refractivity contribution in [3.05, 3.63) is 65.2 Å². The molecule has 1 fully saturated rings. The minimum Gasteiger partial charge on any atom is -0.497 e. The number of carbonyl (C=O) groups is 3. The molecule has 27 heavy (non-hydrogen) atoms. The maximum atomic E-state index is 12.9. The number of carbonyl (C=O) groups excluding carboxylic acids is 3. The molecule has 1 N–H and O–H groups in total. The maximum absolute atomic E-state index is 12.9. The number of Topliss-reactive ketones (excluding diaryl/α,β-unsaturated/α-hetero) is 1. The highest BCUT2D eigenvalue weighted by Crippen LogP contribution is 2.30. The fourth-order valence-corrected chi connectivity index (χ4v) is 3.12. The number of ketones is 1. The number of hydrogen-bond donors (Lipinski definition) is 1. The summed E-state index contributed by atoms with van der Waals surface area (Å²) < 4.78 is 5.12. The summed E-state index contributed by atoms with van der Waals surface area (Å²) in [6.07, 6.45) is 0.877. The smallest absolute Gasteiger partial charge is 0.325 e. The molecule has 6 nitrogen and oxygen atoms in total. The van der Waals surface area contributed by atoms with Crippen molar-refractivity contribution in [2.45, 2.75) is 25.8 Å². The van der Waals surface area contributed by atoms with Gasteiger partial charge in [-0.25, -0.2) is 4.79 Å². The van der Waals surface area contributed by atoms with E-state index in [1.165, 1.54) is 0 Å². The van der Waals surface area contributed by atoms with E-state index < -0.39 is 17.5 Å². The lowest BCUT2D eigenvalue weighted by Gasteiger charge is -2.22. The summed E-state index contributed by atoms with van der Waals surface area (Å²) in [4.78, 5) is 38.8. The lowest BCUT2D eigenvalue weighted by atomic mass is 9.92. The van der Waals surface area contributed by atoms with Gasteiger partial charge in [-0.05, 0) is 36.6 Å². The third kappa shape index (κ3) is 3.43. The van der Waals surface area contributed by atoms with Crippen LogP contribution in [0.1, 0.15) is 35.3 Å². The second-order valence-corrected chi connectivity index (χ2v) is 6.65. The van der Waals surface area contributed by atoms with E-state index in [9.17, 15) is 14.4 Å². The zero-order valence-corrected chi connectivity index (χ0v) is 15.6. The summed E-state index contributed by atoms with van der Waals surface area (Å²) in [6.45, 7) is 3.38. The minimum atomic E-state index is -1.21. The van der Waals surface area contributed by atoms with Crippen molar-refractivity contribution >= 4 is 17.7 Å². The monoisotopic (exact) mass is 366 g/mol. The molecular formula is C21H22N2O4. The second-order valence-electron chi connectivity index (χ2n) is 6.65. The molecule has 1 aliphatic heterocycles. The molecule has 0 aromatic heterocycles. The standard InChI is InChI=1S/C21H22N2O4/c1-4-14-5-7-15(8-6-14)18(24)13-23-19(25)21(2,22-20(23)26)16-9-11-17(27-3)12-10-16/h5-12H,4,13H2,1-3H3,(H,22,26). The Labute approximate surface area is 158 Å². The molecular weight excluding hydrogens is 344 g/mol. The molecule has 1 atom stereocenters. The minimum absolute atomic E-state index is 0.278. The first-order valence-electron chi connectivity index (χ1n) is 8.80. The van der Waals surface area contributed by atoms with Crippen LogP contribution in [0.2, 0.25) is 0 Å². The average Bonchev–Trinajstić information content (AvgIpc) is 2.92. The molecule has 2 aromatic rings. The summed E-state index contributed by atoms with van der Waals surface area (Å²) >= 11 is 0. The van der Waals surface area contributed by atoms with E-state index in [1.54, 1.807) is 50.4 Å². The van der Waals surface area contributed by atoms with Crippen LogP contribution in [-0.4, -0.2) is 36.3 Å². The Bertz CT molecular complexity index is 874. The SMILES string of the molecule is CCc1ccc(C(=O)CN2C(=O)NC(C)(c3ccc(OC)cc3)C2=O)cc1. The fraction of sp³-hybridized carbons (Fsp3) is 0.286. The molecule has 0 saturated carbocycles. The number of nitrogens with one attached hydrogen (secondary N) is 1. The summed E-state index contributed by atoms with van der Waals surface area (Å²) in [5.41, 5.74) is 1.01. The maximum Gasteiger partial charge on any atom is 0.325 e. The molecule has 1 heterocycles. The topological polar surface area (TPSA) is 75.7 Å². The van der Waals surface area contributed by atoms with Gasteiger partial charge in [-0.2, -0.15) is 0 Å². The van der Waals surface area contributed by atoms with Crippen LogP contribution < -0.4 is 10.1 Å². The predicted molar refractivity (Wildman–Crippen MR) is 101 cm³/mol. The van der Waals surface area contributed by atoms with Crippen LogP contribution in [0.15, 0.2) is 48.5 Å². The number of benzene rings is 2. The Morgan fingerprint density at radius 3 is 2.26 bits per heavy atom. The quantitative estimate of drug-likeness (QED) is 0.630. The van der Waals surface area contributed by atoms with Crippen molar-refractivity contribution in [1.29, 1.82) is 0 Å². The van der Waals surface area contributed by atoms with Gasteiger partial charge in [0.25, 0.3) is 5.91 Å². The molecule has 1 unspecified atom stereocenters. The van der Waals surface area contributed by atoms with Crippen LogP contribution in [0, 0.1) is 0 Å². The van der Waals surface area contributed by atoms with Crippen LogP contribution in [0.3, 0.4) is 0 Å². The normalized spacial score (nSPS) is 19.1. The number of ether oxygens (including phenoxy) is 1. The molecule has 0 bridgehead atoms. The Morgan fingerprint density at radius 1 is 1.07 bits per heavy atom. The van der Waals surface area contributed by atoms with Crippen molar-refractivity contribution in [2.24, 2.45) is 0 Å². The average molecular weight is 366 g/mol. The Balaban J connectivity index is 1.79. The molecule has 140 valence electrons. The van der Waals surface area contributed by atoms with Crippen molar-refractivity contribution in [3.63, 3.8) is 0 Å². The third-order valence-electron chi connectivity index (χ3n) is 4.93. The Hall–Kier alpha value is -3.15. The molecule has 1 aliphatic rings. The number of hydrogen-bond acceptors (Lipinski definition) is 4. The van der Waals surface area contributed by atoms with Crippen molar-refractivity contribution in [1.82, 2.24) is 10.2 Å². The highest BCUT2D eigenvalue weighted by molar-refractivity contribution is 6.11. The van der Waals surface area contributed by atoms with Crippen molar-refractivity contribution < 1.29 is 19.1 Å². The summed E-state index contributed by atoms with van der Waals surface area (Å²) in [6, 6.07) is 13.5. The highest BCUT2D eigenvalue weighted by atomic mass is 16.5. The van der Waals surface area contributed by atoms with Crippen LogP contribution in [0.4, 0.5) is 4.79 Å². The van der Waals surface area contributed by atoms with Crippen molar-refractivity contribution in [3.8, 4) is 5.75 Å². The van der Waals surface area contributed by atoms with E-state index >= 15 is 0 Å². The summed E-state index contributed by atoms with van der Waals surface area (Å²) in [7, 11) is 1.56. The van der Waals surface area contributed by atoms with E-state index in [0.717, 1.165) is 16.9 Å². The van der Waals surface area contributed by atoms with E-state index in [0.29, 0.717) is 16.9 Å². The Morgan fingerprint density at radius 2 is 1.70 bits per heavy atom. The number of aryl methyl sites for hydroxylation is 1. The zero-order valence-electron chi connectivity index (χ0n) is 15.6. The van der Waals surface area contributed by atoms with Gasteiger partial charge in [-0.1, -0.05) is 43.3 Å². The first kappa shape index (κ1) is 18.6. The lowest BCUT2D eigenvalue weighted by molar-refractivity contribution is -0.130. The summed E-state index contributed by atoms with van der Waals surface area (Å²) in [5, 5.41) is 2.70. The van der Waals surface area contributed by atoms with Gasteiger partial charge in [0.1, 0.15) is 11.3 Å². The number of amides is 3. The zero-order chi connectivity index (χ0) is 19.6. The molecule has 3 rings (SSSR count). The van der Waals surface area contributed by atoms with Crippen molar-refractivity contribution in [2.75, 3.05) is 13.7 Å². The number of imide groups is 1. The third-order valence-corrected chi connectivity index (χ3v) is 4.93. The second kappa shape index (κ2) is 7.23. The van der Waals surface area contributed by atoms with E-state index in [2.05, 4.69) is 5.32 Å². The molecule has 3 amide bonds. The van der Waals surface area contributed by atoms with Gasteiger partial charge >= 0.3 is 6.03 Å². The number of methoxy groups -OCH3 is 1. The highest BCUT2D eigenvalue weighted by Gasteiger charge is 2.49. The number of rotatable bonds is 6. The van der Waals surface area contributed by atoms with Gasteiger partial charge in [0.05, 0.1) is 13.7 Å². The number of urea groups is 1. The van der Waals surface area contributed by atoms with E-state index in [1.807, 2.05) is 19.1 Å². The molecule has 2 aromatic carbocycles. The van der Waals surface area contributed by atoms with Gasteiger partial charge < -0.3 is 10.1 Å². The van der Waals surface area contributed by atoms with Gasteiger partial charge in [0.2, 0.25) is 0 Å². The van der Waals surface area contributed by atoms with Gasteiger partial charge in [-0.15, -0.1) is 0 Å². The fourth-order valence-electron chi connectivity index (χ4n) is 3.12.